The van der Waals surface area contributed by atoms with E-state index in [1.165, 1.54) is 27.5 Å². The molecule has 3 aromatic rings. The van der Waals surface area contributed by atoms with E-state index in [1.54, 1.807) is 23.1 Å². The lowest BCUT2D eigenvalue weighted by Crippen LogP contribution is -2.20. The number of nitrogens with one attached hydrogen (secondary N) is 1. The van der Waals surface area contributed by atoms with Crippen molar-refractivity contribution in [3.63, 3.8) is 0 Å². The number of anilines is 2. The van der Waals surface area contributed by atoms with Gasteiger partial charge in [0.25, 0.3) is 0 Å². The maximum atomic E-state index is 6.33. The van der Waals surface area contributed by atoms with Gasteiger partial charge in [-0.25, -0.2) is 9.97 Å². The second kappa shape index (κ2) is 11.0. The molecule has 0 radical (unpaired) electrons. The van der Waals surface area contributed by atoms with Crippen LogP contribution >= 0.6 is 34.7 Å². The summed E-state index contributed by atoms with van der Waals surface area (Å²) in [6.45, 7) is 9.58. The molecular formula is C25H33ClN4S2. The van der Waals surface area contributed by atoms with Crippen LogP contribution in [-0.4, -0.2) is 29.0 Å². The van der Waals surface area contributed by atoms with Crippen molar-refractivity contribution in [3.8, 4) is 0 Å². The van der Waals surface area contributed by atoms with Gasteiger partial charge < -0.3 is 10.2 Å². The van der Waals surface area contributed by atoms with Gasteiger partial charge in [-0.15, -0.1) is 11.3 Å². The van der Waals surface area contributed by atoms with Gasteiger partial charge in [0.1, 0.15) is 11.0 Å². The first-order valence-electron chi connectivity index (χ1n) is 11.1. The summed E-state index contributed by atoms with van der Waals surface area (Å²) in [6.07, 6.45) is 3.33. The van der Waals surface area contributed by atoms with Crippen LogP contribution in [-0.2, 0) is 19.4 Å². The summed E-state index contributed by atoms with van der Waals surface area (Å²) in [4.78, 5) is 15.1. The Morgan fingerprint density at radius 1 is 1.12 bits per heavy atom. The van der Waals surface area contributed by atoms with Gasteiger partial charge in [0.15, 0.2) is 5.13 Å². The highest BCUT2D eigenvalue weighted by Crippen LogP contribution is 2.39. The number of thiazole rings is 1. The Balaban J connectivity index is 0.00000141. The van der Waals surface area contributed by atoms with E-state index in [1.807, 2.05) is 26.0 Å². The molecule has 0 atom stereocenters. The van der Waals surface area contributed by atoms with Crippen LogP contribution in [0.5, 0.6) is 0 Å². The van der Waals surface area contributed by atoms with Crippen LogP contribution in [0.3, 0.4) is 0 Å². The lowest BCUT2D eigenvalue weighted by Gasteiger charge is -2.28. The third-order valence-electron chi connectivity index (χ3n) is 5.09. The highest BCUT2D eigenvalue weighted by Gasteiger charge is 2.28. The Morgan fingerprint density at radius 2 is 1.91 bits per heavy atom. The van der Waals surface area contributed by atoms with Crippen molar-refractivity contribution in [2.45, 2.75) is 63.3 Å². The number of benzene rings is 1. The number of aryl methyl sites for hydroxylation is 1. The second-order valence-corrected chi connectivity index (χ2v) is 11.5. The summed E-state index contributed by atoms with van der Waals surface area (Å²) >= 11 is 9.77. The molecule has 1 aliphatic carbocycles. The molecule has 4 rings (SSSR count). The first-order valence-corrected chi connectivity index (χ1v) is 13.1. The number of pyridine rings is 1. The Kier molecular flexibility index (Phi) is 8.62. The SMILES string of the molecule is CC.CN(C)Cc1cccc(Sc2cc(Cl)nc(Nc3nc4c(s3)CC(C)(C)CC4)c2)c1. The maximum absolute atomic E-state index is 6.33. The van der Waals surface area contributed by atoms with Crippen LogP contribution in [0.25, 0.3) is 0 Å². The summed E-state index contributed by atoms with van der Waals surface area (Å²) < 4.78 is 0. The number of hydrogen-bond donors (Lipinski definition) is 1. The number of halogens is 1. The van der Waals surface area contributed by atoms with E-state index in [2.05, 4.69) is 67.4 Å². The van der Waals surface area contributed by atoms with Crippen molar-refractivity contribution in [1.29, 1.82) is 0 Å². The highest BCUT2D eigenvalue weighted by atomic mass is 35.5. The molecule has 0 saturated heterocycles. The molecule has 0 spiro atoms. The predicted octanol–water partition coefficient (Wildman–Crippen LogP) is 7.69. The Labute approximate surface area is 205 Å². The van der Waals surface area contributed by atoms with Crippen LogP contribution < -0.4 is 5.32 Å². The van der Waals surface area contributed by atoms with E-state index >= 15 is 0 Å². The van der Waals surface area contributed by atoms with Crippen molar-refractivity contribution in [3.05, 3.63) is 57.7 Å². The summed E-state index contributed by atoms with van der Waals surface area (Å²) in [7, 11) is 4.16. The highest BCUT2D eigenvalue weighted by molar-refractivity contribution is 7.99. The van der Waals surface area contributed by atoms with E-state index in [0.717, 1.165) is 35.2 Å². The Bertz CT molecular complexity index is 1050. The standard InChI is InChI=1S/C23H27ClN4S2.C2H6/c1-23(2)9-8-18-19(13-23)30-22(25-18)27-21-12-17(11-20(24)26-21)29-16-7-5-6-15(10-16)14-28(3)4;1-2/h5-7,10-12H,8-9,13-14H2,1-4H3,(H,25,26,27);1-2H3. The van der Waals surface area contributed by atoms with E-state index in [9.17, 15) is 0 Å². The molecule has 0 bridgehead atoms. The van der Waals surface area contributed by atoms with Gasteiger partial charge in [-0.3, -0.25) is 0 Å². The summed E-state index contributed by atoms with van der Waals surface area (Å²) in [5.41, 5.74) is 2.88. The van der Waals surface area contributed by atoms with Crippen molar-refractivity contribution in [2.75, 3.05) is 19.4 Å². The van der Waals surface area contributed by atoms with Gasteiger partial charge in [-0.1, -0.05) is 63.2 Å². The number of fused-ring (bicyclic) bond motifs is 1. The zero-order valence-corrected chi connectivity index (χ0v) is 22.2. The van der Waals surface area contributed by atoms with Crippen LogP contribution in [0, 0.1) is 5.41 Å². The predicted molar refractivity (Wildman–Crippen MR) is 140 cm³/mol. The minimum atomic E-state index is 0.357. The maximum Gasteiger partial charge on any atom is 0.188 e. The van der Waals surface area contributed by atoms with Gasteiger partial charge in [0, 0.05) is 21.2 Å². The quantitative estimate of drug-likeness (QED) is 0.360. The molecule has 0 unspecified atom stereocenters. The molecule has 0 fully saturated rings. The lowest BCUT2D eigenvalue weighted by atomic mass is 9.79. The summed E-state index contributed by atoms with van der Waals surface area (Å²) in [5.74, 6) is 0.736. The first kappa shape index (κ1) is 25.0. The van der Waals surface area contributed by atoms with Gasteiger partial charge in [-0.05, 0) is 68.6 Å². The largest absolute Gasteiger partial charge is 0.316 e. The molecule has 0 amide bonds. The monoisotopic (exact) mass is 488 g/mol. The molecule has 0 aliphatic heterocycles. The average molecular weight is 489 g/mol. The molecule has 1 aliphatic rings. The normalized spacial score (nSPS) is 14.5. The molecule has 32 heavy (non-hydrogen) atoms. The number of hydrogen-bond acceptors (Lipinski definition) is 6. The minimum absolute atomic E-state index is 0.357. The third kappa shape index (κ3) is 6.95. The molecule has 1 N–H and O–H groups in total. The zero-order chi connectivity index (χ0) is 23.3. The fraction of sp³-hybridized carbons (Fsp3) is 0.440. The average Bonchev–Trinajstić information content (AvgIpc) is 3.09. The molecule has 2 aromatic heterocycles. The molecular weight excluding hydrogens is 456 g/mol. The van der Waals surface area contributed by atoms with Gasteiger partial charge in [-0.2, -0.15) is 0 Å². The second-order valence-electron chi connectivity index (χ2n) is 8.85. The van der Waals surface area contributed by atoms with E-state index < -0.39 is 0 Å². The van der Waals surface area contributed by atoms with Crippen molar-refractivity contribution in [1.82, 2.24) is 14.9 Å². The summed E-state index contributed by atoms with van der Waals surface area (Å²) in [5, 5.41) is 4.77. The van der Waals surface area contributed by atoms with Gasteiger partial charge in [0.2, 0.25) is 0 Å². The number of nitrogens with zero attached hydrogens (tertiary/aromatic N) is 3. The fourth-order valence-electron chi connectivity index (χ4n) is 3.66. The van der Waals surface area contributed by atoms with E-state index in [-0.39, 0.29) is 0 Å². The van der Waals surface area contributed by atoms with E-state index in [4.69, 9.17) is 16.6 Å². The molecule has 7 heteroatoms. The summed E-state index contributed by atoms with van der Waals surface area (Å²) in [6, 6.07) is 12.6. The molecule has 4 nitrogen and oxygen atoms in total. The van der Waals surface area contributed by atoms with Crippen LogP contribution in [0.4, 0.5) is 10.9 Å². The first-order chi connectivity index (χ1) is 15.3. The fourth-order valence-corrected chi connectivity index (χ4v) is 6.18. The van der Waals surface area contributed by atoms with Crippen molar-refractivity contribution >= 4 is 45.6 Å². The van der Waals surface area contributed by atoms with Crippen molar-refractivity contribution in [2.24, 2.45) is 5.41 Å². The topological polar surface area (TPSA) is 41.1 Å². The van der Waals surface area contributed by atoms with Crippen molar-refractivity contribution < 1.29 is 0 Å². The third-order valence-corrected chi connectivity index (χ3v) is 7.26. The molecule has 0 saturated carbocycles. The Hall–Kier alpha value is -1.60. The number of aromatic nitrogens is 2. The number of rotatable bonds is 6. The Morgan fingerprint density at radius 3 is 2.66 bits per heavy atom. The van der Waals surface area contributed by atoms with Crippen LogP contribution in [0.1, 0.15) is 50.3 Å². The van der Waals surface area contributed by atoms with Crippen LogP contribution in [0.2, 0.25) is 5.15 Å². The smallest absolute Gasteiger partial charge is 0.188 e. The molecule has 1 aromatic carbocycles. The van der Waals surface area contributed by atoms with Gasteiger partial charge in [0.05, 0.1) is 5.69 Å². The lowest BCUT2D eigenvalue weighted by molar-refractivity contribution is 0.316. The van der Waals surface area contributed by atoms with Crippen LogP contribution in [0.15, 0.2) is 46.2 Å². The molecule has 172 valence electrons. The minimum Gasteiger partial charge on any atom is -0.316 e. The van der Waals surface area contributed by atoms with E-state index in [0.29, 0.717) is 10.6 Å². The zero-order valence-electron chi connectivity index (χ0n) is 19.8. The van der Waals surface area contributed by atoms with Gasteiger partial charge >= 0.3 is 0 Å². The molecule has 2 heterocycles.